The molecule has 2 aromatic carbocycles. The lowest BCUT2D eigenvalue weighted by molar-refractivity contribution is -0.115. The largest absolute Gasteiger partial charge is 0.318 e. The van der Waals surface area contributed by atoms with Crippen LogP contribution in [-0.4, -0.2) is 15.6 Å². The van der Waals surface area contributed by atoms with Crippen molar-refractivity contribution in [3.8, 4) is 5.69 Å². The molecule has 4 rings (SSSR count). The van der Waals surface area contributed by atoms with Crippen LogP contribution in [0.1, 0.15) is 17.0 Å². The summed E-state index contributed by atoms with van der Waals surface area (Å²) in [5, 5.41) is 3.25. The zero-order valence-electron chi connectivity index (χ0n) is 15.7. The molecule has 0 atom stereocenters. The molecule has 0 unspecified atom stereocenters. The summed E-state index contributed by atoms with van der Waals surface area (Å²) < 4.78 is 16.2. The standard InChI is InChI=1S/C22H17BrFN3OS/c1-13-11-15(14(2)27(13)19-9-3-16(23)4-10-19)12-20-21(28)26-22(29-20)25-18-7-5-17(24)6-8-18/h3-12H,1-2H3,(H,25,26,28). The van der Waals surface area contributed by atoms with Gasteiger partial charge >= 0.3 is 0 Å². The fourth-order valence-electron chi connectivity index (χ4n) is 3.18. The number of nitrogens with zero attached hydrogens (tertiary/aromatic N) is 2. The van der Waals surface area contributed by atoms with Crippen LogP contribution in [0, 0.1) is 19.7 Å². The summed E-state index contributed by atoms with van der Waals surface area (Å²) in [7, 11) is 0. The highest BCUT2D eigenvalue weighted by molar-refractivity contribution is 9.10. The first-order valence-corrected chi connectivity index (χ1v) is 10.5. The third-order valence-corrected chi connectivity index (χ3v) is 5.99. The number of halogens is 2. The Labute approximate surface area is 180 Å². The lowest BCUT2D eigenvalue weighted by Crippen LogP contribution is -2.19. The molecule has 1 fully saturated rings. The molecular weight excluding hydrogens is 453 g/mol. The predicted molar refractivity (Wildman–Crippen MR) is 120 cm³/mol. The van der Waals surface area contributed by atoms with Crippen LogP contribution in [0.5, 0.6) is 0 Å². The molecule has 7 heteroatoms. The van der Waals surface area contributed by atoms with E-state index in [0.29, 0.717) is 15.8 Å². The van der Waals surface area contributed by atoms with Gasteiger partial charge in [0.05, 0.1) is 10.6 Å². The van der Waals surface area contributed by atoms with Gasteiger partial charge in [-0.15, -0.1) is 0 Å². The summed E-state index contributed by atoms with van der Waals surface area (Å²) in [6.45, 7) is 4.08. The van der Waals surface area contributed by atoms with Crippen molar-refractivity contribution in [2.45, 2.75) is 13.8 Å². The molecule has 0 bridgehead atoms. The quantitative estimate of drug-likeness (QED) is 0.486. The monoisotopic (exact) mass is 469 g/mol. The van der Waals surface area contributed by atoms with Crippen molar-refractivity contribution in [2.24, 2.45) is 4.99 Å². The van der Waals surface area contributed by atoms with Crippen molar-refractivity contribution in [1.29, 1.82) is 0 Å². The summed E-state index contributed by atoms with van der Waals surface area (Å²) in [6.07, 6.45) is 1.88. The van der Waals surface area contributed by atoms with E-state index in [0.717, 1.165) is 27.1 Å². The second-order valence-corrected chi connectivity index (χ2v) is 8.54. The minimum atomic E-state index is -0.321. The van der Waals surface area contributed by atoms with Gasteiger partial charge in [0, 0.05) is 21.5 Å². The lowest BCUT2D eigenvalue weighted by Gasteiger charge is -2.09. The Balaban J connectivity index is 1.63. The maximum Gasteiger partial charge on any atom is 0.264 e. The highest BCUT2D eigenvalue weighted by atomic mass is 79.9. The second-order valence-electron chi connectivity index (χ2n) is 6.60. The van der Waals surface area contributed by atoms with Gasteiger partial charge in [-0.25, -0.2) is 9.38 Å². The summed E-state index contributed by atoms with van der Waals surface area (Å²) >= 11 is 4.74. The number of aryl methyl sites for hydroxylation is 1. The van der Waals surface area contributed by atoms with Crippen molar-refractivity contribution >= 4 is 50.5 Å². The summed E-state index contributed by atoms with van der Waals surface area (Å²) in [5.74, 6) is -0.511. The predicted octanol–water partition coefficient (Wildman–Crippen LogP) is 5.89. The van der Waals surface area contributed by atoms with Gasteiger partial charge in [-0.2, -0.15) is 0 Å². The van der Waals surface area contributed by atoms with E-state index in [1.54, 1.807) is 12.1 Å². The Morgan fingerprint density at radius 2 is 1.79 bits per heavy atom. The van der Waals surface area contributed by atoms with Gasteiger partial charge in [-0.1, -0.05) is 15.9 Å². The Morgan fingerprint density at radius 3 is 2.48 bits per heavy atom. The summed E-state index contributed by atoms with van der Waals surface area (Å²) in [5.41, 5.74) is 4.76. The molecule has 1 amide bonds. The van der Waals surface area contributed by atoms with Gasteiger partial charge in [0.2, 0.25) is 0 Å². The average molecular weight is 470 g/mol. The first-order chi connectivity index (χ1) is 13.9. The van der Waals surface area contributed by atoms with Crippen LogP contribution < -0.4 is 5.32 Å². The molecule has 1 aliphatic rings. The number of rotatable bonds is 3. The molecule has 0 aliphatic carbocycles. The zero-order chi connectivity index (χ0) is 20.5. The lowest BCUT2D eigenvalue weighted by atomic mass is 10.2. The van der Waals surface area contributed by atoms with E-state index >= 15 is 0 Å². The van der Waals surface area contributed by atoms with Crippen molar-refractivity contribution in [3.63, 3.8) is 0 Å². The van der Waals surface area contributed by atoms with Crippen LogP contribution in [0.3, 0.4) is 0 Å². The summed E-state index contributed by atoms with van der Waals surface area (Å²) in [6, 6.07) is 16.0. The van der Waals surface area contributed by atoms with Crippen LogP contribution in [0.15, 0.2) is 69.0 Å². The molecule has 2 heterocycles. The molecule has 1 N–H and O–H groups in total. The molecular formula is C22H17BrFN3OS. The Morgan fingerprint density at radius 1 is 1.10 bits per heavy atom. The molecule has 29 heavy (non-hydrogen) atoms. The van der Waals surface area contributed by atoms with Gasteiger partial charge < -0.3 is 9.88 Å². The van der Waals surface area contributed by atoms with E-state index in [-0.39, 0.29) is 11.7 Å². The van der Waals surface area contributed by atoms with Crippen molar-refractivity contribution < 1.29 is 9.18 Å². The average Bonchev–Trinajstić information content (AvgIpc) is 3.17. The summed E-state index contributed by atoms with van der Waals surface area (Å²) in [4.78, 5) is 17.3. The molecule has 1 saturated heterocycles. The Hall–Kier alpha value is -2.64. The number of carbonyl (C=O) groups excluding carboxylic acids is 1. The van der Waals surface area contributed by atoms with Gasteiger partial charge in [-0.05, 0) is 91.8 Å². The number of hydrogen-bond acceptors (Lipinski definition) is 3. The SMILES string of the molecule is Cc1cc(C=C2SC(=Nc3ccc(F)cc3)NC2=O)c(C)n1-c1ccc(Br)cc1. The molecule has 1 aliphatic heterocycles. The number of amides is 1. The van der Waals surface area contributed by atoms with Gasteiger partial charge in [-0.3, -0.25) is 4.79 Å². The maximum absolute atomic E-state index is 13.0. The van der Waals surface area contributed by atoms with Crippen LogP contribution >= 0.6 is 27.7 Å². The minimum Gasteiger partial charge on any atom is -0.318 e. The smallest absolute Gasteiger partial charge is 0.264 e. The van der Waals surface area contributed by atoms with Crippen LogP contribution in [0.4, 0.5) is 10.1 Å². The molecule has 0 radical (unpaired) electrons. The Kier molecular flexibility index (Phi) is 5.43. The van der Waals surface area contributed by atoms with Gasteiger partial charge in [0.1, 0.15) is 5.82 Å². The van der Waals surface area contributed by atoms with Gasteiger partial charge in [0.25, 0.3) is 5.91 Å². The normalized spacial score (nSPS) is 16.6. The number of carbonyl (C=O) groups is 1. The van der Waals surface area contributed by atoms with E-state index < -0.39 is 0 Å². The molecule has 4 nitrogen and oxygen atoms in total. The molecule has 146 valence electrons. The van der Waals surface area contributed by atoms with Gasteiger partial charge in [0.15, 0.2) is 5.17 Å². The first-order valence-electron chi connectivity index (χ1n) is 8.91. The number of aromatic nitrogens is 1. The van der Waals surface area contributed by atoms with Crippen LogP contribution in [0.25, 0.3) is 11.8 Å². The highest BCUT2D eigenvalue weighted by Gasteiger charge is 2.24. The van der Waals surface area contributed by atoms with Crippen molar-refractivity contribution in [2.75, 3.05) is 0 Å². The fraction of sp³-hybridized carbons (Fsp3) is 0.0909. The highest BCUT2D eigenvalue weighted by Crippen LogP contribution is 2.30. The third kappa shape index (κ3) is 4.21. The van der Waals surface area contributed by atoms with E-state index in [9.17, 15) is 9.18 Å². The first kappa shape index (κ1) is 19.7. The number of nitrogens with one attached hydrogen (secondary N) is 1. The molecule has 0 saturated carbocycles. The Bertz CT molecular complexity index is 1150. The molecule has 3 aromatic rings. The zero-order valence-corrected chi connectivity index (χ0v) is 18.1. The van der Waals surface area contributed by atoms with Crippen LogP contribution in [0.2, 0.25) is 0 Å². The third-order valence-electron chi connectivity index (χ3n) is 4.55. The number of benzene rings is 2. The fourth-order valence-corrected chi connectivity index (χ4v) is 4.27. The number of aliphatic imine (C=N–C) groups is 1. The molecule has 0 spiro atoms. The van der Waals surface area contributed by atoms with Crippen LogP contribution in [-0.2, 0) is 4.79 Å². The molecule has 1 aromatic heterocycles. The van der Waals surface area contributed by atoms with E-state index in [2.05, 4.69) is 36.9 Å². The van der Waals surface area contributed by atoms with E-state index in [1.807, 2.05) is 44.2 Å². The number of hydrogen-bond donors (Lipinski definition) is 1. The van der Waals surface area contributed by atoms with E-state index in [4.69, 9.17) is 0 Å². The second kappa shape index (κ2) is 8.00. The minimum absolute atomic E-state index is 0.190. The number of thioether (sulfide) groups is 1. The maximum atomic E-state index is 13.0. The number of amidine groups is 1. The van der Waals surface area contributed by atoms with Crippen molar-refractivity contribution in [3.05, 3.63) is 86.7 Å². The van der Waals surface area contributed by atoms with E-state index in [1.165, 1.54) is 23.9 Å². The topological polar surface area (TPSA) is 46.4 Å². The van der Waals surface area contributed by atoms with Crippen molar-refractivity contribution in [1.82, 2.24) is 9.88 Å².